The minimum atomic E-state index is -0.409. The van der Waals surface area contributed by atoms with Crippen LogP contribution in [-0.4, -0.2) is 30.6 Å². The van der Waals surface area contributed by atoms with E-state index in [0.29, 0.717) is 0 Å². The van der Waals surface area contributed by atoms with Gasteiger partial charge < -0.3 is 4.90 Å². The van der Waals surface area contributed by atoms with Gasteiger partial charge in [0.25, 0.3) is 0 Å². The maximum absolute atomic E-state index is 11.7. The van der Waals surface area contributed by atoms with E-state index in [4.69, 9.17) is 0 Å². The summed E-state index contributed by atoms with van der Waals surface area (Å²) in [5, 5.41) is 0. The molecule has 0 radical (unpaired) electrons. The zero-order chi connectivity index (χ0) is 5.98. The van der Waals surface area contributed by atoms with Crippen molar-refractivity contribution in [3.63, 3.8) is 0 Å². The first-order chi connectivity index (χ1) is 3.83. The summed E-state index contributed by atoms with van der Waals surface area (Å²) >= 11 is 0. The van der Waals surface area contributed by atoms with Crippen LogP contribution in [0.3, 0.4) is 0 Å². The van der Waals surface area contributed by atoms with Crippen LogP contribution in [0.2, 0.25) is 0 Å². The third-order valence-corrected chi connectivity index (χ3v) is 1.14. The summed E-state index contributed by atoms with van der Waals surface area (Å²) in [5.74, 6) is 0. The first-order valence-corrected chi connectivity index (χ1v) is 2.66. The van der Waals surface area contributed by atoms with Gasteiger partial charge in [0, 0.05) is 6.54 Å². The van der Waals surface area contributed by atoms with E-state index in [1.54, 1.807) is 11.2 Å². The van der Waals surface area contributed by atoms with Crippen molar-refractivity contribution >= 4 is 6.34 Å². The predicted octanol–water partition coefficient (Wildman–Crippen LogP) is 0.646. The van der Waals surface area contributed by atoms with Gasteiger partial charge in [-0.05, 0) is 6.92 Å². The second-order valence-corrected chi connectivity index (χ2v) is 2.00. The second kappa shape index (κ2) is 2.11. The Balaban J connectivity index is 2.34. The molecule has 1 rings (SSSR count). The summed E-state index contributed by atoms with van der Waals surface area (Å²) in [6, 6.07) is 0.283. The lowest BCUT2D eigenvalue weighted by Gasteiger charge is -2.07. The zero-order valence-corrected chi connectivity index (χ0v) is 4.84. The Morgan fingerprint density at radius 2 is 2.75 bits per heavy atom. The van der Waals surface area contributed by atoms with E-state index >= 15 is 0 Å². The molecule has 2 nitrogen and oxygen atoms in total. The van der Waals surface area contributed by atoms with Gasteiger partial charge in [0.05, 0.1) is 12.4 Å². The van der Waals surface area contributed by atoms with E-state index in [-0.39, 0.29) is 6.04 Å². The molecule has 1 aliphatic rings. The minimum Gasteiger partial charge on any atom is -0.333 e. The molecule has 0 spiro atoms. The molecule has 0 aliphatic carbocycles. The van der Waals surface area contributed by atoms with Crippen LogP contribution in [-0.2, 0) is 0 Å². The summed E-state index contributed by atoms with van der Waals surface area (Å²) < 4.78 is 11.7. The number of rotatable bonds is 1. The van der Waals surface area contributed by atoms with E-state index in [9.17, 15) is 4.39 Å². The largest absolute Gasteiger partial charge is 0.333 e. The molecule has 1 unspecified atom stereocenters. The zero-order valence-electron chi connectivity index (χ0n) is 4.84. The van der Waals surface area contributed by atoms with Crippen molar-refractivity contribution < 1.29 is 4.39 Å². The molecule has 0 aromatic carbocycles. The number of nitrogens with zero attached hydrogens (tertiary/aromatic N) is 2. The first kappa shape index (κ1) is 5.54. The lowest BCUT2D eigenvalue weighted by Crippen LogP contribution is -2.20. The maximum atomic E-state index is 11.7. The van der Waals surface area contributed by atoms with Gasteiger partial charge in [-0.25, -0.2) is 4.39 Å². The van der Waals surface area contributed by atoms with Gasteiger partial charge in [-0.2, -0.15) is 0 Å². The monoisotopic (exact) mass is 116 g/mol. The molecule has 1 aliphatic heterocycles. The summed E-state index contributed by atoms with van der Waals surface area (Å²) in [6.45, 7) is 2.29. The molecule has 3 heteroatoms. The highest BCUT2D eigenvalue weighted by atomic mass is 19.1. The van der Waals surface area contributed by atoms with E-state index in [1.165, 1.54) is 0 Å². The molecule has 0 N–H and O–H groups in total. The van der Waals surface area contributed by atoms with E-state index in [0.717, 1.165) is 6.54 Å². The van der Waals surface area contributed by atoms with Crippen LogP contribution in [0.15, 0.2) is 4.99 Å². The topological polar surface area (TPSA) is 15.6 Å². The summed E-state index contributed by atoms with van der Waals surface area (Å²) in [5.41, 5.74) is 0. The Kier molecular flexibility index (Phi) is 1.46. The van der Waals surface area contributed by atoms with Crippen LogP contribution in [0, 0.1) is 0 Å². The molecular formula is C5H9FN2. The summed E-state index contributed by atoms with van der Waals surface area (Å²) in [6.07, 6.45) is 1.56. The highest BCUT2D eigenvalue weighted by Gasteiger charge is 2.10. The molecule has 0 fully saturated rings. The lowest BCUT2D eigenvalue weighted by molar-refractivity contribution is 0.295. The molecular weight excluding hydrogens is 107 g/mol. The second-order valence-electron chi connectivity index (χ2n) is 2.00. The van der Waals surface area contributed by atoms with E-state index in [1.807, 2.05) is 6.92 Å². The molecule has 1 atom stereocenters. The fourth-order valence-electron chi connectivity index (χ4n) is 0.721. The molecule has 0 aromatic rings. The number of alkyl halides is 1. The fourth-order valence-corrected chi connectivity index (χ4v) is 0.721. The molecule has 0 saturated carbocycles. The van der Waals surface area contributed by atoms with Gasteiger partial charge in [0.2, 0.25) is 0 Å². The van der Waals surface area contributed by atoms with Crippen LogP contribution in [0.5, 0.6) is 0 Å². The first-order valence-electron chi connectivity index (χ1n) is 2.66. The highest BCUT2D eigenvalue weighted by molar-refractivity contribution is 5.57. The van der Waals surface area contributed by atoms with Gasteiger partial charge >= 0.3 is 0 Å². The van der Waals surface area contributed by atoms with Crippen LogP contribution < -0.4 is 0 Å². The third kappa shape index (κ3) is 0.967. The summed E-state index contributed by atoms with van der Waals surface area (Å²) in [4.78, 5) is 5.50. The Hall–Kier alpha value is -0.600. The van der Waals surface area contributed by atoms with E-state index in [2.05, 4.69) is 4.99 Å². The Labute approximate surface area is 48.0 Å². The lowest BCUT2D eigenvalue weighted by atomic mass is 10.4. The van der Waals surface area contributed by atoms with Gasteiger partial charge in [0.1, 0.15) is 0 Å². The van der Waals surface area contributed by atoms with Crippen LogP contribution in [0.25, 0.3) is 0 Å². The average Bonchev–Trinajstić information content (AvgIpc) is 2.14. The van der Waals surface area contributed by atoms with Gasteiger partial charge in [-0.15, -0.1) is 0 Å². The normalized spacial score (nSPS) is 27.2. The van der Waals surface area contributed by atoms with Crippen molar-refractivity contribution in [3.8, 4) is 0 Å². The Morgan fingerprint density at radius 1 is 2.00 bits per heavy atom. The standard InChI is InChI=1S/C5H9FN2/c1-5-2-8(3-6)4-7-5/h4-5H,2-3H2,1H3. The van der Waals surface area contributed by atoms with Crippen molar-refractivity contribution in [1.29, 1.82) is 0 Å². The van der Waals surface area contributed by atoms with Crippen molar-refractivity contribution in [2.45, 2.75) is 13.0 Å². The number of halogens is 1. The van der Waals surface area contributed by atoms with Crippen molar-refractivity contribution in [1.82, 2.24) is 4.90 Å². The molecule has 0 aromatic heterocycles. The van der Waals surface area contributed by atoms with Gasteiger partial charge in [-0.3, -0.25) is 4.99 Å². The van der Waals surface area contributed by atoms with Crippen molar-refractivity contribution in [2.24, 2.45) is 4.99 Å². The fraction of sp³-hybridized carbons (Fsp3) is 0.800. The molecule has 46 valence electrons. The smallest absolute Gasteiger partial charge is 0.162 e. The number of aliphatic imine (C=N–C) groups is 1. The Bertz CT molecular complexity index is 103. The predicted molar refractivity (Wildman–Crippen MR) is 30.6 cm³/mol. The van der Waals surface area contributed by atoms with Crippen LogP contribution >= 0.6 is 0 Å². The van der Waals surface area contributed by atoms with Gasteiger partial charge in [-0.1, -0.05) is 0 Å². The molecule has 0 saturated heterocycles. The molecule has 1 heterocycles. The third-order valence-electron chi connectivity index (χ3n) is 1.14. The van der Waals surface area contributed by atoms with Crippen molar-refractivity contribution in [3.05, 3.63) is 0 Å². The quantitative estimate of drug-likeness (QED) is 0.459. The van der Waals surface area contributed by atoms with Crippen LogP contribution in [0.4, 0.5) is 4.39 Å². The number of hydrogen-bond acceptors (Lipinski definition) is 2. The van der Waals surface area contributed by atoms with Crippen LogP contribution in [0.1, 0.15) is 6.92 Å². The SMILES string of the molecule is CC1CN(CF)C=N1. The molecule has 8 heavy (non-hydrogen) atoms. The Morgan fingerprint density at radius 3 is 3.00 bits per heavy atom. The van der Waals surface area contributed by atoms with Crippen molar-refractivity contribution in [2.75, 3.05) is 13.3 Å². The van der Waals surface area contributed by atoms with Gasteiger partial charge in [0.15, 0.2) is 6.80 Å². The highest BCUT2D eigenvalue weighted by Crippen LogP contribution is 2.00. The average molecular weight is 116 g/mol. The minimum absolute atomic E-state index is 0.283. The number of hydrogen-bond donors (Lipinski definition) is 0. The molecule has 0 amide bonds. The summed E-state index contributed by atoms with van der Waals surface area (Å²) in [7, 11) is 0. The van der Waals surface area contributed by atoms with E-state index < -0.39 is 6.80 Å². The maximum Gasteiger partial charge on any atom is 0.162 e. The molecule has 0 bridgehead atoms.